The molecule has 0 aromatic carbocycles. The average molecular weight is 346 g/mol. The summed E-state index contributed by atoms with van der Waals surface area (Å²) in [6, 6.07) is 3.13. The number of hydrogen-bond donors (Lipinski definition) is 0. The number of rotatable bonds is 4. The van der Waals surface area contributed by atoms with Crippen LogP contribution in [0.3, 0.4) is 0 Å². The third-order valence-corrected chi connectivity index (χ3v) is 3.41. The van der Waals surface area contributed by atoms with Gasteiger partial charge in [0.2, 0.25) is 5.82 Å². The predicted octanol–water partition coefficient (Wildman–Crippen LogP) is 1.99. The smallest absolute Gasteiger partial charge is 0.393 e. The first-order valence-electron chi connectivity index (χ1n) is 6.37. The third-order valence-electron chi connectivity index (χ3n) is 2.65. The van der Waals surface area contributed by atoms with Crippen LogP contribution in [0.25, 0.3) is 10.6 Å². The molecule has 0 unspecified atom stereocenters. The van der Waals surface area contributed by atoms with Crippen LogP contribution < -0.4 is 4.57 Å². The molecule has 0 atom stereocenters. The maximum atomic E-state index is 12.5. The number of esters is 2. The Morgan fingerprint density at radius 1 is 1.30 bits per heavy atom. The molecule has 122 valence electrons. The van der Waals surface area contributed by atoms with E-state index in [1.165, 1.54) is 0 Å². The van der Waals surface area contributed by atoms with Gasteiger partial charge in [0.05, 0.1) is 0 Å². The summed E-state index contributed by atoms with van der Waals surface area (Å²) in [5.41, 5.74) is 0.487. The molecule has 0 N–H and O–H groups in total. The van der Waals surface area contributed by atoms with E-state index < -0.39 is 23.9 Å². The lowest BCUT2D eigenvalue weighted by Gasteiger charge is -1.99. The first kappa shape index (κ1) is 17.0. The van der Waals surface area contributed by atoms with Gasteiger partial charge in [-0.1, -0.05) is 0 Å². The van der Waals surface area contributed by atoms with Gasteiger partial charge in [-0.15, -0.1) is 0 Å². The number of pyridine rings is 1. The highest BCUT2D eigenvalue weighted by atomic mass is 32.1. The standard InChI is InChI=1S/C13H11F3N3O3S/c1-8(20)22-10(21)4-7-19-5-2-9(3-6-19)11-17-12(18-23-11)13(14,15)16/h2-3,5-6H,4,7H2,1H3/q+1. The second kappa shape index (κ2) is 6.82. The Bertz CT molecular complexity index is 713. The van der Waals surface area contributed by atoms with Crippen molar-refractivity contribution in [2.75, 3.05) is 0 Å². The van der Waals surface area contributed by atoms with Gasteiger partial charge in [0.1, 0.15) is 11.4 Å². The average Bonchev–Trinajstić information content (AvgIpc) is 2.95. The van der Waals surface area contributed by atoms with Crippen molar-refractivity contribution in [3.8, 4) is 10.6 Å². The van der Waals surface area contributed by atoms with E-state index in [9.17, 15) is 22.8 Å². The third kappa shape index (κ3) is 4.81. The number of nitrogens with zero attached hydrogens (tertiary/aromatic N) is 3. The maximum Gasteiger partial charge on any atom is 0.452 e. The van der Waals surface area contributed by atoms with Crippen molar-refractivity contribution in [3.63, 3.8) is 0 Å². The quantitative estimate of drug-likeness (QED) is 0.481. The van der Waals surface area contributed by atoms with E-state index in [1.807, 2.05) is 0 Å². The summed E-state index contributed by atoms with van der Waals surface area (Å²) >= 11 is 0.658. The first-order valence-corrected chi connectivity index (χ1v) is 7.14. The molecule has 0 radical (unpaired) electrons. The minimum atomic E-state index is -4.57. The van der Waals surface area contributed by atoms with Crippen LogP contribution >= 0.6 is 11.5 Å². The van der Waals surface area contributed by atoms with E-state index in [0.717, 1.165) is 6.92 Å². The fourth-order valence-corrected chi connectivity index (χ4v) is 2.32. The van der Waals surface area contributed by atoms with Gasteiger partial charge in [0.15, 0.2) is 18.9 Å². The molecule has 0 fully saturated rings. The van der Waals surface area contributed by atoms with Crippen molar-refractivity contribution in [1.82, 2.24) is 9.36 Å². The molecule has 0 aliphatic heterocycles. The van der Waals surface area contributed by atoms with Crippen molar-refractivity contribution in [3.05, 3.63) is 30.4 Å². The highest BCUT2D eigenvalue weighted by molar-refractivity contribution is 7.09. The number of carbonyl (C=O) groups is 2. The van der Waals surface area contributed by atoms with Crippen LogP contribution in [0.15, 0.2) is 24.5 Å². The van der Waals surface area contributed by atoms with Gasteiger partial charge in [0, 0.05) is 24.6 Å². The molecule has 0 saturated heterocycles. The summed E-state index contributed by atoms with van der Waals surface area (Å²) in [5.74, 6) is -2.48. The molecule has 2 heterocycles. The first-order chi connectivity index (χ1) is 10.8. The van der Waals surface area contributed by atoms with Crippen LogP contribution in [-0.2, 0) is 27.0 Å². The summed E-state index contributed by atoms with van der Waals surface area (Å²) in [6.45, 7) is 1.41. The van der Waals surface area contributed by atoms with Gasteiger partial charge in [-0.05, 0) is 11.5 Å². The van der Waals surface area contributed by atoms with Crippen LogP contribution in [-0.4, -0.2) is 21.3 Å². The second-order valence-corrected chi connectivity index (χ2v) is 5.21. The zero-order valence-electron chi connectivity index (χ0n) is 11.8. The lowest BCUT2D eigenvalue weighted by molar-refractivity contribution is -0.695. The van der Waals surface area contributed by atoms with Crippen molar-refractivity contribution in [2.45, 2.75) is 26.1 Å². The van der Waals surface area contributed by atoms with Crippen molar-refractivity contribution in [2.24, 2.45) is 0 Å². The van der Waals surface area contributed by atoms with Crippen LogP contribution in [0, 0.1) is 0 Å². The summed E-state index contributed by atoms with van der Waals surface area (Å²) in [6.07, 6.45) is -1.39. The molecule has 2 aromatic rings. The van der Waals surface area contributed by atoms with Crippen molar-refractivity contribution in [1.29, 1.82) is 0 Å². The molecule has 6 nitrogen and oxygen atoms in total. The molecule has 2 rings (SSSR count). The Morgan fingerprint density at radius 3 is 2.48 bits per heavy atom. The van der Waals surface area contributed by atoms with Crippen LogP contribution in [0.1, 0.15) is 19.2 Å². The molecule has 0 amide bonds. The summed E-state index contributed by atoms with van der Waals surface area (Å²) in [4.78, 5) is 25.3. The summed E-state index contributed by atoms with van der Waals surface area (Å²) in [5, 5.41) is 0.153. The Hall–Kier alpha value is -2.36. The zero-order valence-corrected chi connectivity index (χ0v) is 12.6. The van der Waals surface area contributed by atoms with E-state index in [0.29, 0.717) is 17.1 Å². The Kier molecular flexibility index (Phi) is 5.04. The Balaban J connectivity index is 2.01. The van der Waals surface area contributed by atoms with Gasteiger partial charge >= 0.3 is 18.1 Å². The number of halogens is 3. The molecule has 0 saturated carbocycles. The van der Waals surface area contributed by atoms with Gasteiger partial charge in [-0.3, -0.25) is 9.59 Å². The fraction of sp³-hybridized carbons (Fsp3) is 0.308. The molecular weight excluding hydrogens is 335 g/mol. The predicted molar refractivity (Wildman–Crippen MR) is 71.9 cm³/mol. The molecule has 0 aliphatic carbocycles. The zero-order chi connectivity index (χ0) is 17.0. The monoisotopic (exact) mass is 346 g/mol. The molecule has 23 heavy (non-hydrogen) atoms. The van der Waals surface area contributed by atoms with E-state index in [-0.39, 0.29) is 18.0 Å². The minimum absolute atomic E-state index is 0.000618. The van der Waals surface area contributed by atoms with Crippen LogP contribution in [0.4, 0.5) is 13.2 Å². The number of ether oxygens (including phenoxy) is 1. The SMILES string of the molecule is CC(=O)OC(=O)CC[n+]1ccc(-c2nc(C(F)(F)F)ns2)cc1. The van der Waals surface area contributed by atoms with Gasteiger partial charge < -0.3 is 4.74 Å². The second-order valence-electron chi connectivity index (χ2n) is 4.46. The van der Waals surface area contributed by atoms with Crippen LogP contribution in [0.5, 0.6) is 0 Å². The molecule has 0 aliphatic rings. The number of aryl methyl sites for hydroxylation is 1. The molecule has 10 heteroatoms. The summed E-state index contributed by atoms with van der Waals surface area (Å²) in [7, 11) is 0. The van der Waals surface area contributed by atoms with Gasteiger partial charge in [-0.2, -0.15) is 17.5 Å². The fourth-order valence-electron chi connectivity index (χ4n) is 1.64. The van der Waals surface area contributed by atoms with Gasteiger partial charge in [-0.25, -0.2) is 9.55 Å². The lowest BCUT2D eigenvalue weighted by atomic mass is 10.3. The van der Waals surface area contributed by atoms with Crippen molar-refractivity contribution < 1.29 is 32.1 Å². The maximum absolute atomic E-state index is 12.5. The molecular formula is C13H11F3N3O3S+. The largest absolute Gasteiger partial charge is 0.452 e. The topological polar surface area (TPSA) is 73.0 Å². The highest BCUT2D eigenvalue weighted by Gasteiger charge is 2.36. The normalized spacial score (nSPS) is 11.3. The number of carbonyl (C=O) groups excluding carboxylic acids is 2. The number of aromatic nitrogens is 3. The Labute approximate surface area is 132 Å². The van der Waals surface area contributed by atoms with Crippen LogP contribution in [0.2, 0.25) is 0 Å². The van der Waals surface area contributed by atoms with E-state index in [4.69, 9.17) is 0 Å². The highest BCUT2D eigenvalue weighted by Crippen LogP contribution is 2.30. The molecule has 2 aromatic heterocycles. The number of hydrogen-bond acceptors (Lipinski definition) is 6. The van der Waals surface area contributed by atoms with E-state index >= 15 is 0 Å². The molecule has 0 spiro atoms. The molecule has 0 bridgehead atoms. The minimum Gasteiger partial charge on any atom is -0.393 e. The van der Waals surface area contributed by atoms with E-state index in [2.05, 4.69) is 14.1 Å². The summed E-state index contributed by atoms with van der Waals surface area (Å²) < 4.78 is 46.7. The lowest BCUT2D eigenvalue weighted by Crippen LogP contribution is -2.34. The Morgan fingerprint density at radius 2 is 1.96 bits per heavy atom. The van der Waals surface area contributed by atoms with Crippen molar-refractivity contribution >= 4 is 23.5 Å². The van der Waals surface area contributed by atoms with Gasteiger partial charge in [0.25, 0.3) is 0 Å². The van der Waals surface area contributed by atoms with E-state index in [1.54, 1.807) is 29.1 Å². The number of alkyl halides is 3.